The zero-order chi connectivity index (χ0) is 33.9. The number of nitrogens with zero attached hydrogens (tertiary/aromatic N) is 1. The van der Waals surface area contributed by atoms with Crippen molar-refractivity contribution in [3.05, 3.63) is 71.8 Å². The molecule has 0 aliphatic rings. The van der Waals surface area contributed by atoms with Gasteiger partial charge in [-0.25, -0.2) is 0 Å². The summed E-state index contributed by atoms with van der Waals surface area (Å²) in [6, 6.07) is 16.2. The molecule has 4 atom stereocenters. The molecule has 4 N–H and O–H groups in total. The molecule has 2 aromatic rings. The number of aliphatic hydroxyl groups excluding tert-OH is 1. The van der Waals surface area contributed by atoms with Gasteiger partial charge in [0.25, 0.3) is 0 Å². The van der Waals surface area contributed by atoms with Crippen LogP contribution in [0.3, 0.4) is 0 Å². The molecule has 0 saturated carbocycles. The fraction of sp³-hybridized carbons (Fsp3) is 0.543. The van der Waals surface area contributed by atoms with E-state index in [1.807, 2.05) is 77.9 Å². The lowest BCUT2D eigenvalue weighted by atomic mass is 9.77. The molecule has 0 saturated heterocycles. The van der Waals surface area contributed by atoms with Crippen molar-refractivity contribution in [3.63, 3.8) is 0 Å². The summed E-state index contributed by atoms with van der Waals surface area (Å²) in [6.45, 7) is 14.5. The molecule has 248 valence electrons. The minimum Gasteiger partial charge on any atom is -0.530 e. The van der Waals surface area contributed by atoms with Gasteiger partial charge < -0.3 is 35.9 Å². The smallest absolute Gasteiger partial charge is 0.243 e. The van der Waals surface area contributed by atoms with Gasteiger partial charge in [-0.3, -0.25) is 14.4 Å². The highest BCUT2D eigenvalue weighted by molar-refractivity contribution is 5.87. The standard InChI is InChI=1S/C35H52N4O6/c1-23(2)30(39(33(44)45)22-25-17-13-10-14-18-25)32(43)37-27(19-24-15-11-9-12-16-24)28(40)21-36-31(42)26(34(3,4)5)20-29(41)38-35(6,7)8/h9-18,23,26-28,30,40H,19-22H2,1-8H3,(H,36,42)(H,37,43)(H,38,41)(H,44,45)/p-1/t26-,27-,28-,30-/m0/s1. The zero-order valence-corrected chi connectivity index (χ0v) is 27.9. The minimum atomic E-state index is -1.48. The Morgan fingerprint density at radius 1 is 0.844 bits per heavy atom. The summed E-state index contributed by atoms with van der Waals surface area (Å²) in [6.07, 6.45) is -2.50. The average Bonchev–Trinajstić information content (AvgIpc) is 2.93. The van der Waals surface area contributed by atoms with Gasteiger partial charge in [0.15, 0.2) is 0 Å². The third-order valence-electron chi connectivity index (χ3n) is 7.51. The Hall–Kier alpha value is -3.92. The van der Waals surface area contributed by atoms with Crippen LogP contribution in [0.25, 0.3) is 0 Å². The van der Waals surface area contributed by atoms with Gasteiger partial charge in [0.05, 0.1) is 18.1 Å². The number of benzene rings is 2. The minimum absolute atomic E-state index is 0.0244. The highest BCUT2D eigenvalue weighted by Crippen LogP contribution is 2.29. The summed E-state index contributed by atoms with van der Waals surface area (Å²) < 4.78 is 0. The lowest BCUT2D eigenvalue weighted by Gasteiger charge is -2.37. The Bertz CT molecular complexity index is 1250. The number of hydrogen-bond donors (Lipinski definition) is 4. The van der Waals surface area contributed by atoms with E-state index in [2.05, 4.69) is 16.0 Å². The highest BCUT2D eigenvalue weighted by atomic mass is 16.4. The van der Waals surface area contributed by atoms with Crippen LogP contribution in [0, 0.1) is 17.3 Å². The number of amides is 4. The van der Waals surface area contributed by atoms with Gasteiger partial charge in [0.1, 0.15) is 12.1 Å². The normalized spacial score (nSPS) is 14.5. The Morgan fingerprint density at radius 3 is 1.84 bits per heavy atom. The Kier molecular flexibility index (Phi) is 13.6. The van der Waals surface area contributed by atoms with Crippen LogP contribution >= 0.6 is 0 Å². The summed E-state index contributed by atoms with van der Waals surface area (Å²) in [4.78, 5) is 53.1. The number of hydrogen-bond acceptors (Lipinski definition) is 6. The van der Waals surface area contributed by atoms with Crippen molar-refractivity contribution >= 4 is 23.8 Å². The molecule has 0 spiro atoms. The van der Waals surface area contributed by atoms with Crippen LogP contribution in [0.2, 0.25) is 0 Å². The van der Waals surface area contributed by atoms with E-state index in [1.165, 1.54) is 0 Å². The molecule has 0 heterocycles. The summed E-state index contributed by atoms with van der Waals surface area (Å²) in [7, 11) is 0. The van der Waals surface area contributed by atoms with Gasteiger partial charge in [-0.2, -0.15) is 0 Å². The van der Waals surface area contributed by atoms with Crippen LogP contribution in [-0.4, -0.2) is 64.1 Å². The average molecular weight is 624 g/mol. The lowest BCUT2D eigenvalue weighted by Crippen LogP contribution is -2.59. The summed E-state index contributed by atoms with van der Waals surface area (Å²) >= 11 is 0. The maximum absolute atomic E-state index is 13.8. The molecule has 45 heavy (non-hydrogen) atoms. The summed E-state index contributed by atoms with van der Waals surface area (Å²) in [5, 5.41) is 32.1. The number of nitrogens with one attached hydrogen (secondary N) is 3. The van der Waals surface area contributed by atoms with Gasteiger partial charge in [0.2, 0.25) is 17.7 Å². The van der Waals surface area contributed by atoms with Gasteiger partial charge in [-0.15, -0.1) is 0 Å². The first kappa shape index (κ1) is 37.3. The van der Waals surface area contributed by atoms with Gasteiger partial charge in [-0.1, -0.05) is 95.3 Å². The molecule has 0 fully saturated rings. The molecule has 10 nitrogen and oxygen atoms in total. The van der Waals surface area contributed by atoms with Crippen molar-refractivity contribution in [2.75, 3.05) is 6.54 Å². The zero-order valence-electron chi connectivity index (χ0n) is 27.9. The van der Waals surface area contributed by atoms with Gasteiger partial charge in [0, 0.05) is 25.0 Å². The second-order valence-electron chi connectivity index (χ2n) is 14.1. The molecule has 0 radical (unpaired) electrons. The second-order valence-corrected chi connectivity index (χ2v) is 14.1. The molecular formula is C35H51N4O6-. The molecule has 0 aliphatic carbocycles. The monoisotopic (exact) mass is 623 g/mol. The van der Waals surface area contributed by atoms with E-state index in [-0.39, 0.29) is 37.7 Å². The largest absolute Gasteiger partial charge is 0.530 e. The number of carboxylic acid groups (broad SMARTS) is 1. The van der Waals surface area contributed by atoms with Crippen LogP contribution < -0.4 is 21.1 Å². The van der Waals surface area contributed by atoms with Crippen molar-refractivity contribution in [2.24, 2.45) is 17.3 Å². The van der Waals surface area contributed by atoms with Crippen LogP contribution in [-0.2, 0) is 27.3 Å². The maximum atomic E-state index is 13.8. The Balaban J connectivity index is 2.27. The molecule has 2 aromatic carbocycles. The first-order valence-corrected chi connectivity index (χ1v) is 15.5. The van der Waals surface area contributed by atoms with E-state index in [0.717, 1.165) is 10.5 Å². The molecule has 10 heteroatoms. The Labute approximate surface area is 268 Å². The van der Waals surface area contributed by atoms with E-state index in [0.29, 0.717) is 5.56 Å². The SMILES string of the molecule is CC(C)[C@@H](C(=O)N[C@@H](Cc1ccccc1)[C@@H](O)CNC(=O)[C@H](CC(=O)NC(C)(C)C)C(C)(C)C)N(Cc1ccccc1)C(=O)[O-]. The van der Waals surface area contributed by atoms with Gasteiger partial charge >= 0.3 is 0 Å². The third kappa shape index (κ3) is 12.5. The second kappa shape index (κ2) is 16.4. The van der Waals surface area contributed by atoms with E-state index in [9.17, 15) is 29.4 Å². The van der Waals surface area contributed by atoms with E-state index in [4.69, 9.17) is 0 Å². The maximum Gasteiger partial charge on any atom is 0.243 e. The molecule has 0 aliphatic heterocycles. The molecule has 0 bridgehead atoms. The van der Waals surface area contributed by atoms with Crippen molar-refractivity contribution in [1.82, 2.24) is 20.9 Å². The fourth-order valence-electron chi connectivity index (χ4n) is 5.20. The van der Waals surface area contributed by atoms with E-state index >= 15 is 0 Å². The van der Waals surface area contributed by atoms with Crippen molar-refractivity contribution < 1.29 is 29.4 Å². The van der Waals surface area contributed by atoms with Crippen LogP contribution in [0.15, 0.2) is 60.7 Å². The van der Waals surface area contributed by atoms with Gasteiger partial charge in [-0.05, 0) is 49.7 Å². The fourth-order valence-corrected chi connectivity index (χ4v) is 5.20. The van der Waals surface area contributed by atoms with Crippen LogP contribution in [0.4, 0.5) is 4.79 Å². The number of carbonyl (C=O) groups is 4. The van der Waals surface area contributed by atoms with E-state index < -0.39 is 53.0 Å². The van der Waals surface area contributed by atoms with Crippen LogP contribution in [0.1, 0.15) is 72.9 Å². The van der Waals surface area contributed by atoms with Crippen molar-refractivity contribution in [3.8, 4) is 0 Å². The number of aliphatic hydroxyl groups is 1. The third-order valence-corrected chi connectivity index (χ3v) is 7.51. The predicted octanol–water partition coefficient (Wildman–Crippen LogP) is 3.03. The molecule has 4 amide bonds. The quantitative estimate of drug-likeness (QED) is 0.254. The highest BCUT2D eigenvalue weighted by Gasteiger charge is 2.36. The molecule has 0 aromatic heterocycles. The summed E-state index contributed by atoms with van der Waals surface area (Å²) in [5.74, 6) is -2.30. The molecule has 2 rings (SSSR count). The van der Waals surface area contributed by atoms with Crippen molar-refractivity contribution in [1.29, 1.82) is 0 Å². The number of rotatable bonds is 14. The van der Waals surface area contributed by atoms with E-state index in [1.54, 1.807) is 38.1 Å². The van der Waals surface area contributed by atoms with Crippen LogP contribution in [0.5, 0.6) is 0 Å². The summed E-state index contributed by atoms with van der Waals surface area (Å²) in [5.41, 5.74) is 0.547. The predicted molar refractivity (Wildman–Crippen MR) is 173 cm³/mol. The molecular weight excluding hydrogens is 572 g/mol. The molecule has 0 unspecified atom stereocenters. The topological polar surface area (TPSA) is 151 Å². The first-order chi connectivity index (χ1) is 20.9. The first-order valence-electron chi connectivity index (χ1n) is 15.5. The lowest BCUT2D eigenvalue weighted by molar-refractivity contribution is -0.269. The Morgan fingerprint density at radius 2 is 1.38 bits per heavy atom. The van der Waals surface area contributed by atoms with Crippen molar-refractivity contribution in [2.45, 2.75) is 98.5 Å². The number of carbonyl (C=O) groups excluding carboxylic acids is 4.